The van der Waals surface area contributed by atoms with E-state index in [1.54, 1.807) is 0 Å². The molecule has 2 N–H and O–H groups in total. The van der Waals surface area contributed by atoms with E-state index >= 15 is 0 Å². The van der Waals surface area contributed by atoms with E-state index in [0.717, 1.165) is 5.92 Å². The first-order chi connectivity index (χ1) is 9.44. The second-order valence-corrected chi connectivity index (χ2v) is 8.30. The van der Waals surface area contributed by atoms with Gasteiger partial charge in [0.2, 0.25) is 0 Å². The van der Waals surface area contributed by atoms with Crippen molar-refractivity contribution in [3.05, 3.63) is 0 Å². The number of hydrogen-bond donors (Lipinski definition) is 1. The van der Waals surface area contributed by atoms with E-state index in [1.807, 2.05) is 0 Å². The molecule has 0 aromatic heterocycles. The van der Waals surface area contributed by atoms with Crippen LogP contribution in [0.15, 0.2) is 0 Å². The van der Waals surface area contributed by atoms with Gasteiger partial charge in [-0.25, -0.2) is 0 Å². The molecule has 0 saturated heterocycles. The highest BCUT2D eigenvalue weighted by Crippen LogP contribution is 2.43. The predicted octanol–water partition coefficient (Wildman–Crippen LogP) is 3.99. The summed E-state index contributed by atoms with van der Waals surface area (Å²) in [5, 5.41) is 0.676. The molecule has 20 heavy (non-hydrogen) atoms. The first-order valence-electron chi connectivity index (χ1n) is 8.54. The smallest absolute Gasteiger partial charge is 0.0202 e. The highest BCUT2D eigenvalue weighted by atomic mass is 32.2. The van der Waals surface area contributed by atoms with Crippen LogP contribution in [0, 0.1) is 11.3 Å². The lowest BCUT2D eigenvalue weighted by Crippen LogP contribution is -2.42. The normalized spacial score (nSPS) is 28.1. The minimum Gasteiger partial charge on any atom is -0.327 e. The molecule has 3 unspecified atom stereocenters. The molecule has 1 aliphatic rings. The van der Waals surface area contributed by atoms with Gasteiger partial charge in [0.1, 0.15) is 0 Å². The van der Waals surface area contributed by atoms with Gasteiger partial charge in [-0.05, 0) is 43.7 Å². The van der Waals surface area contributed by atoms with Crippen molar-refractivity contribution in [2.75, 3.05) is 25.4 Å². The largest absolute Gasteiger partial charge is 0.327 e. The van der Waals surface area contributed by atoms with Gasteiger partial charge in [0.25, 0.3) is 0 Å². The van der Waals surface area contributed by atoms with Crippen molar-refractivity contribution in [3.63, 3.8) is 0 Å². The molecule has 0 aliphatic heterocycles. The summed E-state index contributed by atoms with van der Waals surface area (Å²) in [4.78, 5) is 2.51. The van der Waals surface area contributed by atoms with Crippen molar-refractivity contribution in [3.8, 4) is 0 Å². The van der Waals surface area contributed by atoms with Crippen LogP contribution in [0.1, 0.15) is 60.3 Å². The van der Waals surface area contributed by atoms with Crippen LogP contribution in [0.25, 0.3) is 0 Å². The number of hydrogen-bond acceptors (Lipinski definition) is 3. The summed E-state index contributed by atoms with van der Waals surface area (Å²) in [5.74, 6) is 2.09. The second-order valence-electron chi connectivity index (χ2n) is 6.95. The Balaban J connectivity index is 2.43. The maximum atomic E-state index is 6.37. The van der Waals surface area contributed by atoms with Crippen molar-refractivity contribution in [2.45, 2.75) is 71.6 Å². The van der Waals surface area contributed by atoms with Gasteiger partial charge in [-0.15, -0.1) is 0 Å². The molecule has 0 bridgehead atoms. The maximum Gasteiger partial charge on any atom is 0.0202 e. The number of nitrogens with zero attached hydrogens (tertiary/aromatic N) is 1. The standard InChI is InChI=1S/C17H36N2S/c1-6-17(4,5)14-9-10-15(18)16(13-14)20-12-11-19(7-2)8-3/h14-16H,6-13,18H2,1-5H3. The van der Waals surface area contributed by atoms with E-state index in [4.69, 9.17) is 5.73 Å². The Morgan fingerprint density at radius 2 is 1.80 bits per heavy atom. The van der Waals surface area contributed by atoms with E-state index in [2.05, 4.69) is 51.3 Å². The molecule has 1 saturated carbocycles. The van der Waals surface area contributed by atoms with Crippen molar-refractivity contribution in [1.82, 2.24) is 4.90 Å². The highest BCUT2D eigenvalue weighted by Gasteiger charge is 2.35. The quantitative estimate of drug-likeness (QED) is 0.735. The number of thioether (sulfide) groups is 1. The fourth-order valence-corrected chi connectivity index (χ4v) is 4.63. The Bertz CT molecular complexity index is 264. The van der Waals surface area contributed by atoms with Crippen LogP contribution in [-0.4, -0.2) is 41.6 Å². The fraction of sp³-hybridized carbons (Fsp3) is 1.00. The molecule has 0 heterocycles. The van der Waals surface area contributed by atoms with Gasteiger partial charge in [-0.3, -0.25) is 0 Å². The second kappa shape index (κ2) is 8.65. The Morgan fingerprint density at radius 1 is 1.15 bits per heavy atom. The molecular formula is C17H36N2S. The zero-order valence-corrected chi connectivity index (χ0v) is 15.1. The molecule has 0 aromatic carbocycles. The Morgan fingerprint density at radius 3 is 2.35 bits per heavy atom. The van der Waals surface area contributed by atoms with Gasteiger partial charge in [-0.1, -0.05) is 41.0 Å². The van der Waals surface area contributed by atoms with Gasteiger partial charge >= 0.3 is 0 Å². The topological polar surface area (TPSA) is 29.3 Å². The Labute approximate surface area is 131 Å². The van der Waals surface area contributed by atoms with E-state index in [9.17, 15) is 0 Å². The molecule has 120 valence electrons. The molecule has 1 rings (SSSR count). The van der Waals surface area contributed by atoms with Crippen LogP contribution in [-0.2, 0) is 0 Å². The third kappa shape index (κ3) is 5.23. The van der Waals surface area contributed by atoms with Crippen LogP contribution in [0.4, 0.5) is 0 Å². The zero-order chi connectivity index (χ0) is 15.2. The van der Waals surface area contributed by atoms with Crippen LogP contribution in [0.2, 0.25) is 0 Å². The minimum atomic E-state index is 0.417. The van der Waals surface area contributed by atoms with Crippen molar-refractivity contribution in [1.29, 1.82) is 0 Å². The van der Waals surface area contributed by atoms with Crippen molar-refractivity contribution >= 4 is 11.8 Å². The third-order valence-electron chi connectivity index (χ3n) is 5.49. The molecule has 0 amide bonds. The Hall–Kier alpha value is 0.270. The van der Waals surface area contributed by atoms with Gasteiger partial charge in [0.15, 0.2) is 0 Å². The molecule has 0 aromatic rings. The Kier molecular flexibility index (Phi) is 7.92. The predicted molar refractivity (Wildman–Crippen MR) is 93.4 cm³/mol. The van der Waals surface area contributed by atoms with Gasteiger partial charge in [-0.2, -0.15) is 11.8 Å². The minimum absolute atomic E-state index is 0.417. The lowest BCUT2D eigenvalue weighted by Gasteiger charge is -2.42. The van der Waals surface area contributed by atoms with E-state index in [0.29, 0.717) is 16.7 Å². The first kappa shape index (κ1) is 18.3. The average molecular weight is 301 g/mol. The molecule has 3 atom stereocenters. The van der Waals surface area contributed by atoms with Crippen LogP contribution in [0.5, 0.6) is 0 Å². The van der Waals surface area contributed by atoms with Gasteiger partial charge < -0.3 is 10.6 Å². The van der Waals surface area contributed by atoms with Crippen LogP contribution >= 0.6 is 11.8 Å². The molecule has 1 fully saturated rings. The summed E-state index contributed by atoms with van der Waals surface area (Å²) in [6.45, 7) is 15.2. The molecular weight excluding hydrogens is 264 g/mol. The summed E-state index contributed by atoms with van der Waals surface area (Å²) in [6, 6.07) is 0.417. The number of rotatable bonds is 8. The third-order valence-corrected chi connectivity index (χ3v) is 6.88. The van der Waals surface area contributed by atoms with Gasteiger partial charge in [0, 0.05) is 23.6 Å². The van der Waals surface area contributed by atoms with Crippen LogP contribution < -0.4 is 5.73 Å². The lowest BCUT2D eigenvalue weighted by atomic mass is 9.69. The first-order valence-corrected chi connectivity index (χ1v) is 9.59. The fourth-order valence-electron chi connectivity index (χ4n) is 3.22. The SMILES string of the molecule is CCN(CC)CCSC1CC(C(C)(C)CC)CCC1N. The molecule has 3 heteroatoms. The molecule has 1 aliphatic carbocycles. The summed E-state index contributed by atoms with van der Waals surface area (Å²) in [5.41, 5.74) is 6.86. The van der Waals surface area contributed by atoms with E-state index in [-0.39, 0.29) is 0 Å². The lowest BCUT2D eigenvalue weighted by molar-refractivity contribution is 0.148. The summed E-state index contributed by atoms with van der Waals surface area (Å²) in [7, 11) is 0. The zero-order valence-electron chi connectivity index (χ0n) is 14.3. The van der Waals surface area contributed by atoms with Crippen molar-refractivity contribution < 1.29 is 0 Å². The highest BCUT2D eigenvalue weighted by molar-refractivity contribution is 8.00. The molecule has 2 nitrogen and oxygen atoms in total. The van der Waals surface area contributed by atoms with Gasteiger partial charge in [0.05, 0.1) is 0 Å². The summed E-state index contributed by atoms with van der Waals surface area (Å²) >= 11 is 2.13. The van der Waals surface area contributed by atoms with E-state index < -0.39 is 0 Å². The summed E-state index contributed by atoms with van der Waals surface area (Å²) < 4.78 is 0. The monoisotopic (exact) mass is 300 g/mol. The average Bonchev–Trinajstić information content (AvgIpc) is 2.45. The van der Waals surface area contributed by atoms with Crippen LogP contribution in [0.3, 0.4) is 0 Å². The van der Waals surface area contributed by atoms with Crippen molar-refractivity contribution in [2.24, 2.45) is 17.1 Å². The molecule has 0 spiro atoms. The maximum absolute atomic E-state index is 6.37. The number of nitrogens with two attached hydrogens (primary N) is 1. The molecule has 0 radical (unpaired) electrons. The van der Waals surface area contributed by atoms with E-state index in [1.165, 1.54) is 51.1 Å². The summed E-state index contributed by atoms with van der Waals surface area (Å²) in [6.07, 6.45) is 5.15.